The fourth-order valence-electron chi connectivity index (χ4n) is 3.47. The number of hydrogen-bond donors (Lipinski definition) is 2. The maximum absolute atomic E-state index is 13.3. The van der Waals surface area contributed by atoms with Gasteiger partial charge in [-0.25, -0.2) is 9.40 Å². The number of piperidine rings is 1. The summed E-state index contributed by atoms with van der Waals surface area (Å²) in [5.41, 5.74) is 5.00. The van der Waals surface area contributed by atoms with Gasteiger partial charge >= 0.3 is 0 Å². The molecule has 0 saturated carbocycles. The Balaban J connectivity index is 1.81. The highest BCUT2D eigenvalue weighted by Gasteiger charge is 2.26. The van der Waals surface area contributed by atoms with Crippen molar-refractivity contribution >= 4 is 0 Å². The number of benzene rings is 1. The summed E-state index contributed by atoms with van der Waals surface area (Å²) < 4.78 is 13.3. The monoisotopic (exact) mass is 337 g/mol. The molecule has 5 nitrogen and oxygen atoms in total. The van der Waals surface area contributed by atoms with Crippen molar-refractivity contribution in [1.29, 1.82) is 0 Å². The smallest absolute Gasteiger partial charge is 0.123 e. The Hall–Kier alpha value is -2.57. The quantitative estimate of drug-likeness (QED) is 0.719. The molecule has 1 saturated heterocycles. The van der Waals surface area contributed by atoms with Crippen LogP contribution in [-0.2, 0) is 0 Å². The molecule has 0 unspecified atom stereocenters. The molecular formula is C19H20FN5. The van der Waals surface area contributed by atoms with Gasteiger partial charge in [-0.2, -0.15) is 5.10 Å². The van der Waals surface area contributed by atoms with Crippen molar-refractivity contribution in [3.05, 3.63) is 60.3 Å². The number of H-pyrrole nitrogens is 1. The first-order chi connectivity index (χ1) is 12.2. The largest absolute Gasteiger partial charge is 0.281 e. The molecule has 1 aliphatic heterocycles. The summed E-state index contributed by atoms with van der Waals surface area (Å²) in [5, 5.41) is 9.68. The van der Waals surface area contributed by atoms with E-state index in [1.54, 1.807) is 24.5 Å². The fraction of sp³-hybridized carbons (Fsp3) is 0.263. The van der Waals surface area contributed by atoms with E-state index < -0.39 is 0 Å². The second-order valence-corrected chi connectivity index (χ2v) is 6.41. The van der Waals surface area contributed by atoms with Crippen LogP contribution >= 0.6 is 0 Å². The van der Waals surface area contributed by atoms with Gasteiger partial charge in [0.05, 0.1) is 0 Å². The first-order valence-corrected chi connectivity index (χ1v) is 8.46. The topological polar surface area (TPSA) is 70.8 Å². The minimum Gasteiger partial charge on any atom is -0.281 e. The van der Waals surface area contributed by atoms with E-state index in [0.29, 0.717) is 5.92 Å². The van der Waals surface area contributed by atoms with Gasteiger partial charge in [0.2, 0.25) is 0 Å². The fourth-order valence-corrected chi connectivity index (χ4v) is 3.47. The maximum atomic E-state index is 13.3. The lowest BCUT2D eigenvalue weighted by Gasteiger charge is -2.28. The lowest BCUT2D eigenvalue weighted by atomic mass is 9.88. The Morgan fingerprint density at radius 2 is 1.68 bits per heavy atom. The average Bonchev–Trinajstić information content (AvgIpc) is 3.09. The number of nitrogens with one attached hydrogen (secondary N) is 1. The molecule has 0 spiro atoms. The molecule has 0 atom stereocenters. The van der Waals surface area contributed by atoms with Crippen molar-refractivity contribution in [3.8, 4) is 22.4 Å². The number of hydrazine groups is 1. The first kappa shape index (κ1) is 15.9. The average molecular weight is 337 g/mol. The van der Waals surface area contributed by atoms with Gasteiger partial charge in [0, 0.05) is 48.2 Å². The van der Waals surface area contributed by atoms with Gasteiger partial charge in [-0.3, -0.25) is 15.9 Å². The van der Waals surface area contributed by atoms with E-state index in [4.69, 9.17) is 5.84 Å². The number of nitrogens with zero attached hydrogens (tertiary/aromatic N) is 3. The molecule has 0 amide bonds. The summed E-state index contributed by atoms with van der Waals surface area (Å²) in [6, 6.07) is 10.4. The van der Waals surface area contributed by atoms with E-state index in [2.05, 4.69) is 15.2 Å². The van der Waals surface area contributed by atoms with Crippen LogP contribution in [0.5, 0.6) is 0 Å². The Kier molecular flexibility index (Phi) is 4.29. The third kappa shape index (κ3) is 3.18. The molecular weight excluding hydrogens is 317 g/mol. The molecule has 1 aliphatic rings. The van der Waals surface area contributed by atoms with Crippen LogP contribution in [0.4, 0.5) is 4.39 Å². The molecule has 0 aliphatic carbocycles. The molecule has 25 heavy (non-hydrogen) atoms. The Bertz CT molecular complexity index is 836. The zero-order chi connectivity index (χ0) is 17.2. The number of pyridine rings is 1. The molecule has 128 valence electrons. The van der Waals surface area contributed by atoms with Crippen LogP contribution in [0.2, 0.25) is 0 Å². The summed E-state index contributed by atoms with van der Waals surface area (Å²) in [5.74, 6) is 6.03. The lowest BCUT2D eigenvalue weighted by molar-refractivity contribution is 0.216. The molecule has 2 aromatic heterocycles. The zero-order valence-electron chi connectivity index (χ0n) is 13.8. The molecule has 1 fully saturated rings. The second kappa shape index (κ2) is 6.74. The van der Waals surface area contributed by atoms with Gasteiger partial charge in [0.15, 0.2) is 0 Å². The molecule has 0 bridgehead atoms. The van der Waals surface area contributed by atoms with Crippen LogP contribution < -0.4 is 5.84 Å². The van der Waals surface area contributed by atoms with Gasteiger partial charge < -0.3 is 0 Å². The van der Waals surface area contributed by atoms with E-state index in [1.807, 2.05) is 17.1 Å². The van der Waals surface area contributed by atoms with Crippen molar-refractivity contribution in [2.75, 3.05) is 13.1 Å². The maximum Gasteiger partial charge on any atom is 0.123 e. The minimum absolute atomic E-state index is 0.250. The third-order valence-corrected chi connectivity index (χ3v) is 4.82. The van der Waals surface area contributed by atoms with Crippen LogP contribution in [0.25, 0.3) is 22.4 Å². The van der Waals surface area contributed by atoms with Gasteiger partial charge in [-0.05, 0) is 54.8 Å². The van der Waals surface area contributed by atoms with E-state index >= 15 is 0 Å². The van der Waals surface area contributed by atoms with Crippen molar-refractivity contribution < 1.29 is 4.39 Å². The molecule has 1 aromatic carbocycles. The second-order valence-electron chi connectivity index (χ2n) is 6.41. The Morgan fingerprint density at radius 3 is 2.36 bits per heavy atom. The molecule has 0 radical (unpaired) electrons. The number of nitrogens with two attached hydrogens (primary N) is 1. The van der Waals surface area contributed by atoms with Crippen LogP contribution in [0.3, 0.4) is 0 Å². The summed E-state index contributed by atoms with van der Waals surface area (Å²) in [6.07, 6.45) is 5.53. The summed E-state index contributed by atoms with van der Waals surface area (Å²) >= 11 is 0. The van der Waals surface area contributed by atoms with Crippen molar-refractivity contribution in [2.45, 2.75) is 18.8 Å². The predicted molar refractivity (Wildman–Crippen MR) is 94.9 cm³/mol. The number of halogens is 1. The first-order valence-electron chi connectivity index (χ1n) is 8.46. The summed E-state index contributed by atoms with van der Waals surface area (Å²) in [4.78, 5) is 4.12. The Morgan fingerprint density at radius 1 is 1.00 bits per heavy atom. The SMILES string of the molecule is NN1CCC(c2[nH]nc(-c3ccc(F)cc3)c2-c2ccncc2)CC1. The van der Waals surface area contributed by atoms with E-state index in [9.17, 15) is 4.39 Å². The van der Waals surface area contributed by atoms with Crippen LogP contribution in [-0.4, -0.2) is 33.3 Å². The van der Waals surface area contributed by atoms with E-state index in [0.717, 1.165) is 54.0 Å². The van der Waals surface area contributed by atoms with Crippen LogP contribution in [0, 0.1) is 5.82 Å². The van der Waals surface area contributed by atoms with Crippen LogP contribution in [0.1, 0.15) is 24.5 Å². The molecule has 6 heteroatoms. The summed E-state index contributed by atoms with van der Waals surface area (Å²) in [6.45, 7) is 1.73. The number of hydrogen-bond acceptors (Lipinski definition) is 4. The van der Waals surface area contributed by atoms with Crippen molar-refractivity contribution in [1.82, 2.24) is 20.2 Å². The highest BCUT2D eigenvalue weighted by Crippen LogP contribution is 2.39. The Labute approximate surface area is 145 Å². The predicted octanol–water partition coefficient (Wildman–Crippen LogP) is 3.33. The van der Waals surface area contributed by atoms with Crippen molar-refractivity contribution in [3.63, 3.8) is 0 Å². The van der Waals surface area contributed by atoms with E-state index in [-0.39, 0.29) is 5.82 Å². The van der Waals surface area contributed by atoms with Gasteiger partial charge in [-0.15, -0.1) is 0 Å². The van der Waals surface area contributed by atoms with Crippen molar-refractivity contribution in [2.24, 2.45) is 5.84 Å². The lowest BCUT2D eigenvalue weighted by Crippen LogP contribution is -2.38. The highest BCUT2D eigenvalue weighted by molar-refractivity contribution is 5.82. The minimum atomic E-state index is -0.250. The highest BCUT2D eigenvalue weighted by atomic mass is 19.1. The molecule has 4 rings (SSSR count). The normalized spacial score (nSPS) is 16.2. The van der Waals surface area contributed by atoms with Gasteiger partial charge in [0.25, 0.3) is 0 Å². The number of aromatic amines is 1. The van der Waals surface area contributed by atoms with Crippen LogP contribution in [0.15, 0.2) is 48.8 Å². The van der Waals surface area contributed by atoms with Gasteiger partial charge in [-0.1, -0.05) is 0 Å². The zero-order valence-corrected chi connectivity index (χ0v) is 13.8. The third-order valence-electron chi connectivity index (χ3n) is 4.82. The molecule has 3 N–H and O–H groups in total. The van der Waals surface area contributed by atoms with E-state index in [1.165, 1.54) is 12.1 Å². The standard InChI is InChI=1S/C19H20FN5/c20-16-3-1-14(2-4-16)18-17(13-5-9-22-10-6-13)19(24-23-18)15-7-11-25(21)12-8-15/h1-6,9-10,15H,7-8,11-12,21H2,(H,23,24). The van der Waals surface area contributed by atoms with Gasteiger partial charge in [0.1, 0.15) is 11.5 Å². The molecule has 3 aromatic rings. The molecule has 3 heterocycles. The number of rotatable bonds is 3. The number of aromatic nitrogens is 3. The summed E-state index contributed by atoms with van der Waals surface area (Å²) in [7, 11) is 0.